The van der Waals surface area contributed by atoms with E-state index in [2.05, 4.69) is 9.47 Å². The third-order valence-corrected chi connectivity index (χ3v) is 3.73. The quantitative estimate of drug-likeness (QED) is 0.433. The van der Waals surface area contributed by atoms with Gasteiger partial charge >= 0.3 is 11.9 Å². The summed E-state index contributed by atoms with van der Waals surface area (Å²) in [5, 5.41) is 0. The second kappa shape index (κ2) is 8.22. The Morgan fingerprint density at radius 3 is 1.64 bits per heavy atom. The van der Waals surface area contributed by atoms with E-state index in [0.717, 1.165) is 6.92 Å². The summed E-state index contributed by atoms with van der Waals surface area (Å²) in [6, 6.07) is 0. The van der Waals surface area contributed by atoms with Gasteiger partial charge in [0.1, 0.15) is 0 Å². The molecule has 2 atom stereocenters. The van der Waals surface area contributed by atoms with Gasteiger partial charge in [0.2, 0.25) is 4.87 Å². The van der Waals surface area contributed by atoms with Crippen LogP contribution in [-0.4, -0.2) is 47.3 Å². The molecule has 0 saturated carbocycles. The lowest BCUT2D eigenvalue weighted by atomic mass is 10.0. The molecule has 2 saturated heterocycles. The zero-order valence-corrected chi connectivity index (χ0v) is 13.8. The fourth-order valence-corrected chi connectivity index (χ4v) is 1.77. The van der Waals surface area contributed by atoms with Gasteiger partial charge in [0.15, 0.2) is 11.6 Å². The van der Waals surface area contributed by atoms with Crippen molar-refractivity contribution in [1.82, 2.24) is 0 Å². The molecule has 2 aliphatic heterocycles. The minimum absolute atomic E-state index is 0.00884. The largest absolute Gasteiger partial charge is 0.464 e. The molecule has 0 bridgehead atoms. The monoisotopic (exact) mass is 338 g/mol. The molecular weight excluding hydrogens is 319 g/mol. The third-order valence-electron chi connectivity index (χ3n) is 3.12. The van der Waals surface area contributed by atoms with Crippen LogP contribution in [0.5, 0.6) is 0 Å². The number of ether oxygens (including phenoxy) is 2. The summed E-state index contributed by atoms with van der Waals surface area (Å²) in [6.45, 7) is 6.60. The summed E-state index contributed by atoms with van der Waals surface area (Å²) in [4.78, 5) is 41.2. The average molecular weight is 339 g/mol. The standard InChI is InChI=1S/C6H7ClO3.C6H7FO3.C2H6/c2*1-4(8)6(7)2-3-10-5(6)9;1-2/h2*2-3H2,1H3;1-2H3. The summed E-state index contributed by atoms with van der Waals surface area (Å²) in [7, 11) is 0. The maximum absolute atomic E-state index is 13.0. The molecule has 0 amide bonds. The molecule has 0 aromatic rings. The lowest BCUT2D eigenvalue weighted by molar-refractivity contribution is -0.152. The molecule has 0 aromatic heterocycles. The zero-order chi connectivity index (χ0) is 17.6. The molecule has 0 spiro atoms. The van der Waals surface area contributed by atoms with E-state index in [-0.39, 0.29) is 25.4 Å². The highest BCUT2D eigenvalue weighted by Crippen LogP contribution is 2.28. The normalized spacial score (nSPS) is 29.4. The Kier molecular flexibility index (Phi) is 7.66. The first kappa shape index (κ1) is 20.5. The van der Waals surface area contributed by atoms with Gasteiger partial charge in [0, 0.05) is 12.8 Å². The van der Waals surface area contributed by atoms with Crippen molar-refractivity contribution < 1.29 is 33.0 Å². The Bertz CT molecular complexity index is 424. The second-order valence-electron chi connectivity index (χ2n) is 4.49. The van der Waals surface area contributed by atoms with Crippen LogP contribution < -0.4 is 0 Å². The number of rotatable bonds is 2. The molecule has 2 rings (SSSR count). The molecule has 8 heteroatoms. The summed E-state index contributed by atoms with van der Waals surface area (Å²) in [5.41, 5.74) is -2.35. The van der Waals surface area contributed by atoms with Crippen molar-refractivity contribution in [2.24, 2.45) is 0 Å². The van der Waals surface area contributed by atoms with Crippen molar-refractivity contribution in [1.29, 1.82) is 0 Å². The Labute approximate surface area is 133 Å². The van der Waals surface area contributed by atoms with E-state index in [1.165, 1.54) is 6.92 Å². The highest BCUT2D eigenvalue weighted by molar-refractivity contribution is 6.45. The molecule has 6 nitrogen and oxygen atoms in total. The molecule has 2 heterocycles. The third kappa shape index (κ3) is 4.25. The van der Waals surface area contributed by atoms with Crippen molar-refractivity contribution >= 4 is 35.1 Å². The Morgan fingerprint density at radius 2 is 1.45 bits per heavy atom. The summed E-state index contributed by atoms with van der Waals surface area (Å²) in [5.74, 6) is -2.76. The SMILES string of the molecule is CC.CC(=O)C1(Cl)CCOC1=O.CC(=O)C1(F)CCOC1=O. The molecule has 0 radical (unpaired) electrons. The molecule has 2 unspecified atom stereocenters. The van der Waals surface area contributed by atoms with Crippen LogP contribution in [0.3, 0.4) is 0 Å². The van der Waals surface area contributed by atoms with E-state index in [9.17, 15) is 23.6 Å². The van der Waals surface area contributed by atoms with Crippen LogP contribution >= 0.6 is 11.6 Å². The smallest absolute Gasteiger partial charge is 0.351 e. The van der Waals surface area contributed by atoms with Crippen LogP contribution in [0, 0.1) is 0 Å². The summed E-state index contributed by atoms with van der Waals surface area (Å²) in [6.07, 6.45) is 0.157. The topological polar surface area (TPSA) is 86.7 Å². The Hall–Kier alpha value is -1.50. The number of esters is 2. The van der Waals surface area contributed by atoms with E-state index in [0.29, 0.717) is 6.42 Å². The average Bonchev–Trinajstić information content (AvgIpc) is 2.99. The molecule has 0 aliphatic carbocycles. The van der Waals surface area contributed by atoms with E-state index in [4.69, 9.17) is 11.6 Å². The number of hydrogen-bond acceptors (Lipinski definition) is 6. The second-order valence-corrected chi connectivity index (χ2v) is 5.13. The summed E-state index contributed by atoms with van der Waals surface area (Å²) >= 11 is 5.63. The zero-order valence-electron chi connectivity index (χ0n) is 13.0. The number of cyclic esters (lactones) is 2. The fourth-order valence-electron chi connectivity index (χ4n) is 1.64. The highest BCUT2D eigenvalue weighted by atomic mass is 35.5. The first-order valence-electron chi connectivity index (χ1n) is 6.89. The minimum atomic E-state index is -2.35. The molecule has 0 aromatic carbocycles. The number of carbonyl (C=O) groups excluding carboxylic acids is 4. The van der Waals surface area contributed by atoms with Crippen LogP contribution in [0.2, 0.25) is 0 Å². The number of ketones is 2. The van der Waals surface area contributed by atoms with Gasteiger partial charge in [-0.3, -0.25) is 9.59 Å². The molecule has 2 aliphatic rings. The fraction of sp³-hybridized carbons (Fsp3) is 0.714. The van der Waals surface area contributed by atoms with Crippen molar-refractivity contribution in [3.63, 3.8) is 0 Å². The van der Waals surface area contributed by atoms with E-state index in [1.807, 2.05) is 13.8 Å². The predicted octanol–water partition coefficient (Wildman–Crippen LogP) is 1.76. The van der Waals surface area contributed by atoms with Gasteiger partial charge in [-0.1, -0.05) is 25.4 Å². The van der Waals surface area contributed by atoms with Crippen LogP contribution in [-0.2, 0) is 28.7 Å². The van der Waals surface area contributed by atoms with Gasteiger partial charge in [-0.25, -0.2) is 14.0 Å². The van der Waals surface area contributed by atoms with E-state index in [1.54, 1.807) is 0 Å². The molecule has 126 valence electrons. The number of alkyl halides is 2. The number of hydrogen-bond donors (Lipinski definition) is 0. The van der Waals surface area contributed by atoms with Gasteiger partial charge in [-0.15, -0.1) is 0 Å². The van der Waals surface area contributed by atoms with E-state index < -0.39 is 28.3 Å². The maximum atomic E-state index is 13.0. The number of Topliss-reactive ketones (excluding diaryl/α,β-unsaturated/α-hetero) is 2. The predicted molar refractivity (Wildman–Crippen MR) is 76.3 cm³/mol. The molecular formula is C14H20ClFO6. The summed E-state index contributed by atoms with van der Waals surface area (Å²) < 4.78 is 21.8. The van der Waals surface area contributed by atoms with Crippen molar-refractivity contribution in [2.45, 2.75) is 51.1 Å². The van der Waals surface area contributed by atoms with Gasteiger partial charge < -0.3 is 9.47 Å². The molecule has 22 heavy (non-hydrogen) atoms. The van der Waals surface area contributed by atoms with Crippen LogP contribution in [0.4, 0.5) is 4.39 Å². The van der Waals surface area contributed by atoms with E-state index >= 15 is 0 Å². The number of halogens is 2. The van der Waals surface area contributed by atoms with Crippen LogP contribution in [0.1, 0.15) is 40.5 Å². The Morgan fingerprint density at radius 1 is 1.00 bits per heavy atom. The van der Waals surface area contributed by atoms with Gasteiger partial charge in [0.05, 0.1) is 13.2 Å². The van der Waals surface area contributed by atoms with Gasteiger partial charge in [-0.05, 0) is 13.8 Å². The molecule has 2 fully saturated rings. The van der Waals surface area contributed by atoms with Crippen molar-refractivity contribution in [3.8, 4) is 0 Å². The first-order chi connectivity index (χ1) is 10.1. The van der Waals surface area contributed by atoms with Crippen molar-refractivity contribution in [2.75, 3.05) is 13.2 Å². The van der Waals surface area contributed by atoms with Gasteiger partial charge in [0.25, 0.3) is 5.67 Å². The van der Waals surface area contributed by atoms with Crippen LogP contribution in [0.25, 0.3) is 0 Å². The first-order valence-corrected chi connectivity index (χ1v) is 7.27. The maximum Gasteiger partial charge on any atom is 0.351 e. The highest BCUT2D eigenvalue weighted by Gasteiger charge is 2.49. The minimum Gasteiger partial charge on any atom is -0.464 e. The van der Waals surface area contributed by atoms with Crippen LogP contribution in [0.15, 0.2) is 0 Å². The lowest BCUT2D eigenvalue weighted by Crippen LogP contribution is -2.36. The lowest BCUT2D eigenvalue weighted by Gasteiger charge is -2.09. The molecule has 0 N–H and O–H groups in total. The van der Waals surface area contributed by atoms with Crippen molar-refractivity contribution in [3.05, 3.63) is 0 Å². The number of carbonyl (C=O) groups is 4. The Balaban J connectivity index is 0.000000360. The van der Waals surface area contributed by atoms with Gasteiger partial charge in [-0.2, -0.15) is 0 Å².